The summed E-state index contributed by atoms with van der Waals surface area (Å²) in [5.74, 6) is 0. The summed E-state index contributed by atoms with van der Waals surface area (Å²) in [7, 11) is 0. The SMILES string of the molecule is NCCc1c[nH]n(C2CCCCC2)c1=O. The van der Waals surface area contributed by atoms with Crippen LogP contribution in [0.1, 0.15) is 43.7 Å². The van der Waals surface area contributed by atoms with Crippen molar-refractivity contribution >= 4 is 0 Å². The fraction of sp³-hybridized carbons (Fsp3) is 0.727. The number of hydrogen-bond acceptors (Lipinski definition) is 2. The van der Waals surface area contributed by atoms with E-state index in [9.17, 15) is 4.79 Å². The van der Waals surface area contributed by atoms with Crippen LogP contribution < -0.4 is 11.3 Å². The van der Waals surface area contributed by atoms with Crippen LogP contribution in [0.15, 0.2) is 11.0 Å². The lowest BCUT2D eigenvalue weighted by molar-refractivity contribution is 0.323. The van der Waals surface area contributed by atoms with Crippen molar-refractivity contribution < 1.29 is 0 Å². The molecule has 0 aliphatic heterocycles. The second-order valence-electron chi connectivity index (χ2n) is 4.30. The lowest BCUT2D eigenvalue weighted by Crippen LogP contribution is -2.26. The van der Waals surface area contributed by atoms with E-state index in [1.165, 1.54) is 19.3 Å². The third-order valence-corrected chi connectivity index (χ3v) is 3.22. The molecular formula is C11H19N3O. The first kappa shape index (κ1) is 10.5. The molecule has 1 aromatic heterocycles. The van der Waals surface area contributed by atoms with Crippen LogP contribution in [0.2, 0.25) is 0 Å². The van der Waals surface area contributed by atoms with Gasteiger partial charge in [0, 0.05) is 11.8 Å². The summed E-state index contributed by atoms with van der Waals surface area (Å²) in [5.41, 5.74) is 6.41. The monoisotopic (exact) mass is 209 g/mol. The minimum absolute atomic E-state index is 0.132. The number of rotatable bonds is 3. The average Bonchev–Trinajstić information content (AvgIpc) is 2.63. The van der Waals surface area contributed by atoms with E-state index in [2.05, 4.69) is 5.10 Å². The predicted molar refractivity (Wildman–Crippen MR) is 59.9 cm³/mol. The Morgan fingerprint density at radius 3 is 2.80 bits per heavy atom. The van der Waals surface area contributed by atoms with Crippen molar-refractivity contribution in [2.45, 2.75) is 44.6 Å². The topological polar surface area (TPSA) is 63.8 Å². The Morgan fingerprint density at radius 2 is 2.13 bits per heavy atom. The minimum Gasteiger partial charge on any atom is -0.330 e. The number of nitrogens with zero attached hydrogens (tertiary/aromatic N) is 1. The Balaban J connectivity index is 2.17. The van der Waals surface area contributed by atoms with Crippen LogP contribution in [0.4, 0.5) is 0 Å². The Hall–Kier alpha value is -1.03. The van der Waals surface area contributed by atoms with Gasteiger partial charge in [0.2, 0.25) is 0 Å². The van der Waals surface area contributed by atoms with E-state index >= 15 is 0 Å². The van der Waals surface area contributed by atoms with Gasteiger partial charge < -0.3 is 10.8 Å². The van der Waals surface area contributed by atoms with Gasteiger partial charge in [-0.3, -0.25) is 4.79 Å². The lowest BCUT2D eigenvalue weighted by atomic mass is 9.96. The fourth-order valence-electron chi connectivity index (χ4n) is 2.37. The average molecular weight is 209 g/mol. The molecule has 0 saturated heterocycles. The first-order chi connectivity index (χ1) is 7.33. The quantitative estimate of drug-likeness (QED) is 0.785. The van der Waals surface area contributed by atoms with Crippen LogP contribution in [0.3, 0.4) is 0 Å². The van der Waals surface area contributed by atoms with Crippen LogP contribution in [0.5, 0.6) is 0 Å². The van der Waals surface area contributed by atoms with Crippen LogP contribution >= 0.6 is 0 Å². The molecule has 4 heteroatoms. The van der Waals surface area contributed by atoms with E-state index in [0.717, 1.165) is 18.4 Å². The van der Waals surface area contributed by atoms with Crippen molar-refractivity contribution in [1.29, 1.82) is 0 Å². The van der Waals surface area contributed by atoms with E-state index in [1.54, 1.807) is 4.68 Å². The van der Waals surface area contributed by atoms with Gasteiger partial charge in [0.05, 0.1) is 6.04 Å². The molecule has 1 aromatic rings. The van der Waals surface area contributed by atoms with Crippen LogP contribution in [0.25, 0.3) is 0 Å². The number of aromatic amines is 1. The third-order valence-electron chi connectivity index (χ3n) is 3.22. The van der Waals surface area contributed by atoms with Crippen molar-refractivity contribution in [2.75, 3.05) is 6.54 Å². The molecule has 1 heterocycles. The zero-order valence-corrected chi connectivity index (χ0v) is 9.04. The predicted octanol–water partition coefficient (Wildman–Crippen LogP) is 1.18. The van der Waals surface area contributed by atoms with Crippen LogP contribution in [-0.4, -0.2) is 16.3 Å². The van der Waals surface area contributed by atoms with Gasteiger partial charge in [0.1, 0.15) is 0 Å². The second-order valence-corrected chi connectivity index (χ2v) is 4.30. The first-order valence-electron chi connectivity index (χ1n) is 5.82. The maximum atomic E-state index is 11.9. The van der Waals surface area contributed by atoms with Crippen molar-refractivity contribution in [3.63, 3.8) is 0 Å². The fourth-order valence-corrected chi connectivity index (χ4v) is 2.37. The summed E-state index contributed by atoms with van der Waals surface area (Å²) < 4.78 is 1.80. The molecule has 4 nitrogen and oxygen atoms in total. The number of H-pyrrole nitrogens is 1. The van der Waals surface area contributed by atoms with E-state index in [4.69, 9.17) is 5.73 Å². The molecule has 1 aliphatic rings. The molecule has 84 valence electrons. The summed E-state index contributed by atoms with van der Waals surface area (Å²) in [4.78, 5) is 11.9. The van der Waals surface area contributed by atoms with Crippen LogP contribution in [-0.2, 0) is 6.42 Å². The van der Waals surface area contributed by atoms with Gasteiger partial charge in [-0.15, -0.1) is 0 Å². The largest absolute Gasteiger partial charge is 0.330 e. The Labute approximate surface area is 89.5 Å². The van der Waals surface area contributed by atoms with Gasteiger partial charge in [-0.05, 0) is 25.8 Å². The molecule has 1 aliphatic carbocycles. The van der Waals surface area contributed by atoms with Gasteiger partial charge >= 0.3 is 0 Å². The number of nitrogens with one attached hydrogen (secondary N) is 1. The molecule has 1 fully saturated rings. The highest BCUT2D eigenvalue weighted by molar-refractivity contribution is 5.05. The van der Waals surface area contributed by atoms with Gasteiger partial charge in [-0.1, -0.05) is 19.3 Å². The smallest absolute Gasteiger partial charge is 0.269 e. The number of hydrogen-bond donors (Lipinski definition) is 2. The molecule has 1 saturated carbocycles. The van der Waals surface area contributed by atoms with Gasteiger partial charge in [0.15, 0.2) is 0 Å². The molecule has 15 heavy (non-hydrogen) atoms. The maximum Gasteiger partial charge on any atom is 0.269 e. The molecule has 3 N–H and O–H groups in total. The van der Waals surface area contributed by atoms with E-state index < -0.39 is 0 Å². The molecule has 0 amide bonds. The molecular weight excluding hydrogens is 190 g/mol. The second kappa shape index (κ2) is 4.66. The standard InChI is InChI=1S/C11H19N3O/c12-7-6-9-8-13-14(11(9)15)10-4-2-1-3-5-10/h8,10,13H,1-7,12H2. The zero-order chi connectivity index (χ0) is 10.7. The normalized spacial score (nSPS) is 18.2. The first-order valence-corrected chi connectivity index (χ1v) is 5.82. The molecule has 0 radical (unpaired) electrons. The number of aromatic nitrogens is 2. The Morgan fingerprint density at radius 1 is 1.40 bits per heavy atom. The molecule has 2 rings (SSSR count). The summed E-state index contributed by atoms with van der Waals surface area (Å²) in [6.07, 6.45) is 8.52. The van der Waals surface area contributed by atoms with Gasteiger partial charge in [-0.2, -0.15) is 0 Å². The molecule has 0 aromatic carbocycles. The highest BCUT2D eigenvalue weighted by Crippen LogP contribution is 2.26. The minimum atomic E-state index is 0.132. The van der Waals surface area contributed by atoms with E-state index in [1.807, 2.05) is 6.20 Å². The molecule has 0 spiro atoms. The molecule has 0 unspecified atom stereocenters. The summed E-state index contributed by atoms with van der Waals surface area (Å²) >= 11 is 0. The van der Waals surface area contributed by atoms with E-state index in [0.29, 0.717) is 19.0 Å². The third kappa shape index (κ3) is 2.15. The highest BCUT2D eigenvalue weighted by atomic mass is 16.1. The van der Waals surface area contributed by atoms with Crippen molar-refractivity contribution in [3.8, 4) is 0 Å². The van der Waals surface area contributed by atoms with Crippen molar-refractivity contribution in [1.82, 2.24) is 9.78 Å². The zero-order valence-electron chi connectivity index (χ0n) is 9.04. The Kier molecular flexibility index (Phi) is 3.26. The van der Waals surface area contributed by atoms with Crippen molar-refractivity contribution in [2.24, 2.45) is 5.73 Å². The van der Waals surface area contributed by atoms with Gasteiger partial charge in [-0.25, -0.2) is 4.68 Å². The summed E-state index contributed by atoms with van der Waals surface area (Å²) in [6, 6.07) is 0.387. The molecule has 0 atom stereocenters. The maximum absolute atomic E-state index is 11.9. The van der Waals surface area contributed by atoms with Crippen LogP contribution in [0, 0.1) is 0 Å². The summed E-state index contributed by atoms with van der Waals surface area (Å²) in [6.45, 7) is 0.539. The summed E-state index contributed by atoms with van der Waals surface area (Å²) in [5, 5.41) is 3.08. The lowest BCUT2D eigenvalue weighted by Gasteiger charge is -2.21. The number of nitrogens with two attached hydrogens (primary N) is 1. The Bertz CT molecular complexity index is 360. The van der Waals surface area contributed by atoms with Gasteiger partial charge in [0.25, 0.3) is 5.56 Å². The van der Waals surface area contributed by atoms with Crippen molar-refractivity contribution in [3.05, 3.63) is 22.1 Å². The van der Waals surface area contributed by atoms with E-state index in [-0.39, 0.29) is 5.56 Å². The highest BCUT2D eigenvalue weighted by Gasteiger charge is 2.18. The molecule has 0 bridgehead atoms.